The van der Waals surface area contributed by atoms with Crippen LogP contribution in [0.4, 0.5) is 13.2 Å². The Hall–Kier alpha value is -1.78. The average Bonchev–Trinajstić information content (AvgIpc) is 2.98. The molecule has 1 heterocycles. The zero-order chi connectivity index (χ0) is 15.9. The van der Waals surface area contributed by atoms with Crippen molar-refractivity contribution in [2.24, 2.45) is 4.99 Å². The van der Waals surface area contributed by atoms with Gasteiger partial charge in [0.15, 0.2) is 5.96 Å². The Labute approximate surface area is 149 Å². The second kappa shape index (κ2) is 9.38. The van der Waals surface area contributed by atoms with Gasteiger partial charge < -0.3 is 10.6 Å². The van der Waals surface area contributed by atoms with Crippen molar-refractivity contribution < 1.29 is 13.2 Å². The number of aliphatic imine (C=N–C) groups is 1. The van der Waals surface area contributed by atoms with Gasteiger partial charge in [-0.25, -0.2) is 9.37 Å². The number of alkyl halides is 2. The first-order valence-electron chi connectivity index (χ1n) is 6.59. The largest absolute Gasteiger partial charge is 0.352 e. The number of nitrogens with one attached hydrogen (secondary N) is 2. The zero-order valence-electron chi connectivity index (χ0n) is 12.3. The molecular formula is C14H17F3IN5. The van der Waals surface area contributed by atoms with E-state index in [1.54, 1.807) is 18.2 Å². The van der Waals surface area contributed by atoms with E-state index >= 15 is 0 Å². The van der Waals surface area contributed by atoms with Crippen molar-refractivity contribution in [3.05, 3.63) is 53.9 Å². The molecule has 1 aromatic carbocycles. The topological polar surface area (TPSA) is 54.2 Å². The van der Waals surface area contributed by atoms with Crippen LogP contribution in [0, 0.1) is 5.82 Å². The molecule has 2 rings (SSSR count). The minimum Gasteiger partial charge on any atom is -0.352 e. The molecule has 9 heteroatoms. The molecule has 0 radical (unpaired) electrons. The molecule has 0 spiro atoms. The van der Waals surface area contributed by atoms with Gasteiger partial charge in [-0.15, -0.1) is 24.0 Å². The van der Waals surface area contributed by atoms with Crippen LogP contribution in [0.15, 0.2) is 41.7 Å². The number of aromatic nitrogens is 2. The predicted octanol–water partition coefficient (Wildman–Crippen LogP) is 2.90. The maximum absolute atomic E-state index is 13.5. The van der Waals surface area contributed by atoms with Crippen molar-refractivity contribution in [2.45, 2.75) is 19.6 Å². The number of rotatable bonds is 5. The van der Waals surface area contributed by atoms with Crippen LogP contribution in [-0.2, 0) is 13.1 Å². The highest BCUT2D eigenvalue weighted by atomic mass is 127. The predicted molar refractivity (Wildman–Crippen MR) is 92.3 cm³/mol. The third-order valence-corrected chi connectivity index (χ3v) is 3.00. The Bertz CT molecular complexity index is 645. The summed E-state index contributed by atoms with van der Waals surface area (Å²) in [6, 6.07) is 6.36. The SMILES string of the molecule is CN=C(NCc1ccccc1F)NCc1nccn1C(F)F.I. The van der Waals surface area contributed by atoms with Gasteiger partial charge in [-0.3, -0.25) is 9.56 Å². The van der Waals surface area contributed by atoms with Crippen molar-refractivity contribution >= 4 is 29.9 Å². The molecule has 0 unspecified atom stereocenters. The fourth-order valence-corrected chi connectivity index (χ4v) is 1.86. The van der Waals surface area contributed by atoms with Crippen LogP contribution in [0.25, 0.3) is 0 Å². The van der Waals surface area contributed by atoms with Crippen molar-refractivity contribution in [1.82, 2.24) is 20.2 Å². The molecule has 0 bridgehead atoms. The highest BCUT2D eigenvalue weighted by molar-refractivity contribution is 14.0. The molecule has 23 heavy (non-hydrogen) atoms. The van der Waals surface area contributed by atoms with Gasteiger partial charge in [0.05, 0.1) is 6.54 Å². The smallest absolute Gasteiger partial charge is 0.319 e. The number of hydrogen-bond acceptors (Lipinski definition) is 2. The second-order valence-corrected chi connectivity index (χ2v) is 4.40. The van der Waals surface area contributed by atoms with Crippen LogP contribution in [0.2, 0.25) is 0 Å². The normalized spacial score (nSPS) is 11.3. The van der Waals surface area contributed by atoms with Crippen LogP contribution < -0.4 is 10.6 Å². The lowest BCUT2D eigenvalue weighted by Crippen LogP contribution is -2.37. The third-order valence-electron chi connectivity index (χ3n) is 3.00. The Kier molecular flexibility index (Phi) is 7.86. The van der Waals surface area contributed by atoms with E-state index in [-0.39, 0.29) is 48.7 Å². The van der Waals surface area contributed by atoms with Gasteiger partial charge in [-0.2, -0.15) is 8.78 Å². The minimum atomic E-state index is -2.65. The standard InChI is InChI=1S/C14H16F3N5.HI/c1-18-14(20-8-10-4-2-3-5-11(10)15)21-9-12-19-6-7-22(12)13(16)17;/h2-7,13H,8-9H2,1H3,(H2,18,20,21);1H. The summed E-state index contributed by atoms with van der Waals surface area (Å²) in [6.07, 6.45) is 2.51. The summed E-state index contributed by atoms with van der Waals surface area (Å²) in [5, 5.41) is 5.77. The highest BCUT2D eigenvalue weighted by Crippen LogP contribution is 2.11. The van der Waals surface area contributed by atoms with E-state index in [1.807, 2.05) is 0 Å². The lowest BCUT2D eigenvalue weighted by Gasteiger charge is -2.13. The van der Waals surface area contributed by atoms with Crippen molar-refractivity contribution in [1.29, 1.82) is 0 Å². The monoisotopic (exact) mass is 439 g/mol. The van der Waals surface area contributed by atoms with Crippen LogP contribution in [0.5, 0.6) is 0 Å². The van der Waals surface area contributed by atoms with Crippen molar-refractivity contribution in [2.75, 3.05) is 7.05 Å². The van der Waals surface area contributed by atoms with Crippen LogP contribution in [-0.4, -0.2) is 22.6 Å². The molecule has 1 aromatic heterocycles. The molecule has 0 saturated carbocycles. The number of nitrogens with zero attached hydrogens (tertiary/aromatic N) is 3. The first-order valence-corrected chi connectivity index (χ1v) is 6.59. The lowest BCUT2D eigenvalue weighted by atomic mass is 10.2. The summed E-state index contributed by atoms with van der Waals surface area (Å²) in [5.74, 6) is 0.231. The maximum atomic E-state index is 13.5. The van der Waals surface area contributed by atoms with Crippen molar-refractivity contribution in [3.8, 4) is 0 Å². The fourth-order valence-electron chi connectivity index (χ4n) is 1.86. The van der Waals surface area contributed by atoms with E-state index < -0.39 is 6.55 Å². The minimum absolute atomic E-state index is 0. The molecule has 2 N–H and O–H groups in total. The van der Waals surface area contributed by atoms with Crippen molar-refractivity contribution in [3.63, 3.8) is 0 Å². The van der Waals surface area contributed by atoms with Gasteiger partial charge in [-0.05, 0) is 6.07 Å². The number of hydrogen-bond donors (Lipinski definition) is 2. The number of guanidine groups is 1. The molecule has 0 aliphatic heterocycles. The molecule has 126 valence electrons. The van der Waals surface area contributed by atoms with Gasteiger partial charge in [0.2, 0.25) is 0 Å². The zero-order valence-corrected chi connectivity index (χ0v) is 14.7. The summed E-state index contributed by atoms with van der Waals surface area (Å²) in [7, 11) is 1.54. The summed E-state index contributed by atoms with van der Waals surface area (Å²) in [4.78, 5) is 7.81. The molecular weight excluding hydrogens is 422 g/mol. The third kappa shape index (κ3) is 5.41. The number of halogens is 4. The van der Waals surface area contributed by atoms with E-state index in [4.69, 9.17) is 0 Å². The first kappa shape index (κ1) is 19.3. The average molecular weight is 439 g/mol. The highest BCUT2D eigenvalue weighted by Gasteiger charge is 2.11. The van der Waals surface area contributed by atoms with Crippen LogP contribution >= 0.6 is 24.0 Å². The fraction of sp³-hybridized carbons (Fsp3) is 0.286. The maximum Gasteiger partial charge on any atom is 0.319 e. The second-order valence-electron chi connectivity index (χ2n) is 4.40. The Balaban J connectivity index is 0.00000264. The molecule has 0 saturated heterocycles. The first-order chi connectivity index (χ1) is 10.6. The molecule has 2 aromatic rings. The Morgan fingerprint density at radius 3 is 2.61 bits per heavy atom. The molecule has 0 aliphatic rings. The Morgan fingerprint density at radius 1 is 1.26 bits per heavy atom. The summed E-state index contributed by atoms with van der Waals surface area (Å²) in [5.41, 5.74) is 0.486. The number of imidazole rings is 1. The van der Waals surface area contributed by atoms with E-state index in [2.05, 4.69) is 20.6 Å². The van der Waals surface area contributed by atoms with E-state index in [1.165, 1.54) is 25.5 Å². The van der Waals surface area contributed by atoms with Gasteiger partial charge in [0.1, 0.15) is 11.6 Å². The van der Waals surface area contributed by atoms with E-state index in [9.17, 15) is 13.2 Å². The van der Waals surface area contributed by atoms with Gasteiger partial charge in [0, 0.05) is 31.5 Å². The quantitative estimate of drug-likeness (QED) is 0.428. The molecule has 5 nitrogen and oxygen atoms in total. The summed E-state index contributed by atoms with van der Waals surface area (Å²) in [6.45, 7) is -2.34. The van der Waals surface area contributed by atoms with Crippen LogP contribution in [0.3, 0.4) is 0 Å². The summed E-state index contributed by atoms with van der Waals surface area (Å²) < 4.78 is 39.6. The molecule has 0 fully saturated rings. The number of benzene rings is 1. The van der Waals surface area contributed by atoms with E-state index in [0.717, 1.165) is 4.57 Å². The van der Waals surface area contributed by atoms with E-state index in [0.29, 0.717) is 11.5 Å². The summed E-state index contributed by atoms with van der Waals surface area (Å²) >= 11 is 0. The van der Waals surface area contributed by atoms with Gasteiger partial charge >= 0.3 is 6.55 Å². The Morgan fingerprint density at radius 2 is 1.96 bits per heavy atom. The molecule has 0 aliphatic carbocycles. The van der Waals surface area contributed by atoms with Crippen LogP contribution in [0.1, 0.15) is 17.9 Å². The molecule has 0 amide bonds. The van der Waals surface area contributed by atoms with Gasteiger partial charge in [0.25, 0.3) is 0 Å². The lowest BCUT2D eigenvalue weighted by molar-refractivity contribution is 0.0668. The van der Waals surface area contributed by atoms with Gasteiger partial charge in [-0.1, -0.05) is 18.2 Å². The molecule has 0 atom stereocenters.